The van der Waals surface area contributed by atoms with E-state index in [1.54, 1.807) is 0 Å². The molecule has 54 valence electrons. The number of hydrogen-bond donors (Lipinski definition) is 0. The fourth-order valence-corrected chi connectivity index (χ4v) is 0.994. The smallest absolute Gasteiger partial charge is 0.187 e. The second kappa shape index (κ2) is 2.62. The molecule has 1 aliphatic rings. The molecule has 3 heteroatoms. The van der Waals surface area contributed by atoms with Gasteiger partial charge >= 0.3 is 0 Å². The number of hydrogen-bond acceptors (Lipinski definition) is 3. The number of nitrogens with zero attached hydrogens (tertiary/aromatic N) is 3. The molecule has 0 radical (unpaired) electrons. The van der Waals surface area contributed by atoms with Gasteiger partial charge in [-0.2, -0.15) is 5.11 Å². The monoisotopic (exact) mass is 145 g/mol. The van der Waals surface area contributed by atoms with Crippen LogP contribution in [0.2, 0.25) is 0 Å². The molecule has 0 bridgehead atoms. The third-order valence-corrected chi connectivity index (χ3v) is 1.53. The Kier molecular flexibility index (Phi) is 1.48. The minimum atomic E-state index is -0.101. The van der Waals surface area contributed by atoms with Crippen LogP contribution < -0.4 is 0 Å². The molecule has 0 saturated carbocycles. The maximum atomic E-state index is 4.05. The van der Waals surface area contributed by atoms with Crippen molar-refractivity contribution in [3.63, 3.8) is 0 Å². The van der Waals surface area contributed by atoms with Crippen LogP contribution in [-0.4, -0.2) is 6.34 Å². The van der Waals surface area contributed by atoms with Crippen LogP contribution in [0.5, 0.6) is 0 Å². The Morgan fingerprint density at radius 1 is 1.09 bits per heavy atom. The molecular weight excluding hydrogens is 138 g/mol. The lowest BCUT2D eigenvalue weighted by molar-refractivity contribution is 0.772. The van der Waals surface area contributed by atoms with E-state index in [-0.39, 0.29) is 6.17 Å². The second-order valence-corrected chi connectivity index (χ2v) is 2.28. The highest BCUT2D eigenvalue weighted by molar-refractivity contribution is 5.56. The SMILES string of the molecule is C1=NC(c2ccccc2)N=N1. The third-order valence-electron chi connectivity index (χ3n) is 1.53. The minimum absolute atomic E-state index is 0.101. The summed E-state index contributed by atoms with van der Waals surface area (Å²) in [7, 11) is 0. The highest BCUT2D eigenvalue weighted by Crippen LogP contribution is 2.20. The predicted octanol–water partition coefficient (Wildman–Crippen LogP) is 2.18. The van der Waals surface area contributed by atoms with Gasteiger partial charge in [0.25, 0.3) is 0 Å². The van der Waals surface area contributed by atoms with Crippen molar-refractivity contribution in [1.82, 2.24) is 0 Å². The summed E-state index contributed by atoms with van der Waals surface area (Å²) in [4.78, 5) is 4.05. The van der Waals surface area contributed by atoms with Crippen molar-refractivity contribution in [2.45, 2.75) is 6.17 Å². The van der Waals surface area contributed by atoms with Gasteiger partial charge < -0.3 is 0 Å². The van der Waals surface area contributed by atoms with Crippen LogP contribution in [0.15, 0.2) is 45.6 Å². The molecule has 3 nitrogen and oxygen atoms in total. The first-order valence-electron chi connectivity index (χ1n) is 3.43. The molecule has 2 rings (SSSR count). The standard InChI is InChI=1S/C8H7N3/c1-2-4-7(5-3-1)8-9-6-10-11-8/h1-6,8H. The van der Waals surface area contributed by atoms with Gasteiger partial charge in [0.1, 0.15) is 6.34 Å². The summed E-state index contributed by atoms with van der Waals surface area (Å²) in [6.07, 6.45) is 1.38. The molecule has 1 aromatic rings. The van der Waals surface area contributed by atoms with Gasteiger partial charge in [-0.25, -0.2) is 4.99 Å². The summed E-state index contributed by atoms with van der Waals surface area (Å²) >= 11 is 0. The van der Waals surface area contributed by atoms with Crippen molar-refractivity contribution in [1.29, 1.82) is 0 Å². The van der Waals surface area contributed by atoms with E-state index in [2.05, 4.69) is 15.2 Å². The van der Waals surface area contributed by atoms with Crippen molar-refractivity contribution in [3.8, 4) is 0 Å². The highest BCUT2D eigenvalue weighted by atomic mass is 15.3. The molecule has 0 spiro atoms. The Labute approximate surface area is 64.5 Å². The van der Waals surface area contributed by atoms with Crippen molar-refractivity contribution < 1.29 is 0 Å². The summed E-state index contributed by atoms with van der Waals surface area (Å²) in [6.45, 7) is 0. The number of azo groups is 1. The quantitative estimate of drug-likeness (QED) is 0.580. The zero-order chi connectivity index (χ0) is 7.52. The van der Waals surface area contributed by atoms with Gasteiger partial charge in [0.2, 0.25) is 0 Å². The van der Waals surface area contributed by atoms with E-state index in [9.17, 15) is 0 Å². The first kappa shape index (κ1) is 6.22. The van der Waals surface area contributed by atoms with Crippen molar-refractivity contribution in [2.24, 2.45) is 15.2 Å². The molecule has 11 heavy (non-hydrogen) atoms. The van der Waals surface area contributed by atoms with E-state index in [0.717, 1.165) is 5.56 Å². The maximum Gasteiger partial charge on any atom is 0.187 e. The molecule has 1 aliphatic heterocycles. The number of rotatable bonds is 1. The zero-order valence-corrected chi connectivity index (χ0v) is 5.88. The molecule has 1 aromatic carbocycles. The van der Waals surface area contributed by atoms with E-state index < -0.39 is 0 Å². The van der Waals surface area contributed by atoms with Crippen LogP contribution in [0.1, 0.15) is 11.7 Å². The lowest BCUT2D eigenvalue weighted by Crippen LogP contribution is -1.85. The summed E-state index contributed by atoms with van der Waals surface area (Å²) in [5.74, 6) is 0. The van der Waals surface area contributed by atoms with E-state index in [0.29, 0.717) is 0 Å². The summed E-state index contributed by atoms with van der Waals surface area (Å²) in [5.41, 5.74) is 1.09. The molecule has 1 unspecified atom stereocenters. The van der Waals surface area contributed by atoms with Crippen molar-refractivity contribution in [3.05, 3.63) is 35.9 Å². The molecule has 0 N–H and O–H groups in total. The summed E-state index contributed by atoms with van der Waals surface area (Å²) < 4.78 is 0. The van der Waals surface area contributed by atoms with Crippen LogP contribution >= 0.6 is 0 Å². The number of aliphatic imine (C=N–C) groups is 1. The van der Waals surface area contributed by atoms with Crippen LogP contribution in [0.3, 0.4) is 0 Å². The van der Waals surface area contributed by atoms with Gasteiger partial charge in [0, 0.05) is 5.56 Å². The lowest BCUT2D eigenvalue weighted by Gasteiger charge is -1.99. The fourth-order valence-electron chi connectivity index (χ4n) is 0.994. The summed E-state index contributed by atoms with van der Waals surface area (Å²) in [6, 6.07) is 9.90. The Bertz CT molecular complexity index is 277. The molecule has 0 aliphatic carbocycles. The zero-order valence-electron chi connectivity index (χ0n) is 5.88. The fraction of sp³-hybridized carbons (Fsp3) is 0.125. The molecule has 0 aromatic heterocycles. The van der Waals surface area contributed by atoms with Crippen LogP contribution in [0, 0.1) is 0 Å². The Morgan fingerprint density at radius 3 is 2.55 bits per heavy atom. The van der Waals surface area contributed by atoms with Gasteiger partial charge in [-0.3, -0.25) is 0 Å². The Balaban J connectivity index is 2.30. The van der Waals surface area contributed by atoms with E-state index in [1.165, 1.54) is 6.34 Å². The van der Waals surface area contributed by atoms with Crippen molar-refractivity contribution in [2.75, 3.05) is 0 Å². The minimum Gasteiger partial charge on any atom is -0.238 e. The average Bonchev–Trinajstić information content (AvgIpc) is 2.58. The molecule has 1 atom stereocenters. The normalized spacial score (nSPS) is 20.9. The van der Waals surface area contributed by atoms with E-state index in [1.807, 2.05) is 30.3 Å². The van der Waals surface area contributed by atoms with Gasteiger partial charge in [-0.1, -0.05) is 30.3 Å². The number of benzene rings is 1. The van der Waals surface area contributed by atoms with Gasteiger partial charge in [-0.15, -0.1) is 5.11 Å². The topological polar surface area (TPSA) is 37.1 Å². The third kappa shape index (κ3) is 1.17. The molecular formula is C8H7N3. The first-order valence-corrected chi connectivity index (χ1v) is 3.43. The largest absolute Gasteiger partial charge is 0.238 e. The first-order chi connectivity index (χ1) is 5.47. The lowest BCUT2D eigenvalue weighted by atomic mass is 10.2. The average molecular weight is 145 g/mol. The second-order valence-electron chi connectivity index (χ2n) is 2.28. The highest BCUT2D eigenvalue weighted by Gasteiger charge is 2.08. The van der Waals surface area contributed by atoms with Crippen LogP contribution in [-0.2, 0) is 0 Å². The van der Waals surface area contributed by atoms with E-state index in [4.69, 9.17) is 0 Å². The van der Waals surface area contributed by atoms with Gasteiger partial charge in [0.05, 0.1) is 0 Å². The molecule has 1 heterocycles. The van der Waals surface area contributed by atoms with Crippen LogP contribution in [0.4, 0.5) is 0 Å². The molecule has 0 fully saturated rings. The molecule has 0 amide bonds. The maximum absolute atomic E-state index is 4.05. The van der Waals surface area contributed by atoms with E-state index >= 15 is 0 Å². The Hall–Kier alpha value is -1.51. The van der Waals surface area contributed by atoms with Gasteiger partial charge in [0.15, 0.2) is 6.17 Å². The molecule has 0 saturated heterocycles. The van der Waals surface area contributed by atoms with Crippen LogP contribution in [0.25, 0.3) is 0 Å². The van der Waals surface area contributed by atoms with Gasteiger partial charge in [-0.05, 0) is 0 Å². The summed E-state index contributed by atoms with van der Waals surface area (Å²) in [5, 5.41) is 7.58. The Morgan fingerprint density at radius 2 is 1.91 bits per heavy atom. The predicted molar refractivity (Wildman–Crippen MR) is 42.5 cm³/mol. The van der Waals surface area contributed by atoms with Crippen molar-refractivity contribution >= 4 is 6.34 Å².